The van der Waals surface area contributed by atoms with E-state index in [1.807, 2.05) is 0 Å². The van der Waals surface area contributed by atoms with Crippen LogP contribution in [0.25, 0.3) is 0 Å². The van der Waals surface area contributed by atoms with Crippen molar-refractivity contribution >= 4 is 0 Å². The Labute approximate surface area is 124 Å². The lowest BCUT2D eigenvalue weighted by Gasteiger charge is -2.50. The van der Waals surface area contributed by atoms with Gasteiger partial charge in [0.1, 0.15) is 0 Å². The second-order valence-corrected chi connectivity index (χ2v) is 8.33. The van der Waals surface area contributed by atoms with Crippen molar-refractivity contribution in [1.29, 1.82) is 0 Å². The summed E-state index contributed by atoms with van der Waals surface area (Å²) in [5.74, 6) is 1.11. The summed E-state index contributed by atoms with van der Waals surface area (Å²) in [5, 5.41) is 3.97. The average molecular weight is 276 g/mol. The zero-order valence-corrected chi connectivity index (χ0v) is 13.3. The third-order valence-corrected chi connectivity index (χ3v) is 6.87. The summed E-state index contributed by atoms with van der Waals surface area (Å²) in [7, 11) is 0. The maximum absolute atomic E-state index is 3.97. The largest absolute Gasteiger partial charge is 0.308 e. The van der Waals surface area contributed by atoms with E-state index in [0.29, 0.717) is 5.54 Å². The highest BCUT2D eigenvalue weighted by Crippen LogP contribution is 2.61. The molecular weight excluding hydrogens is 244 g/mol. The summed E-state index contributed by atoms with van der Waals surface area (Å²) < 4.78 is 0. The first-order valence-corrected chi connectivity index (χ1v) is 9.24. The molecule has 2 nitrogen and oxygen atoms in total. The zero-order valence-electron chi connectivity index (χ0n) is 13.3. The number of hydrogen-bond acceptors (Lipinski definition) is 2. The van der Waals surface area contributed by atoms with Gasteiger partial charge in [0.05, 0.1) is 0 Å². The molecule has 1 aliphatic heterocycles. The van der Waals surface area contributed by atoms with Crippen LogP contribution in [-0.4, -0.2) is 36.1 Å². The Kier molecular flexibility index (Phi) is 3.38. The van der Waals surface area contributed by atoms with E-state index in [1.165, 1.54) is 83.8 Å². The molecule has 0 aromatic rings. The highest BCUT2D eigenvalue weighted by molar-refractivity contribution is 5.08. The molecule has 1 N–H and O–H groups in total. The Bertz CT molecular complexity index is 350. The maximum atomic E-state index is 3.97. The van der Waals surface area contributed by atoms with E-state index in [4.69, 9.17) is 0 Å². The molecule has 1 atom stereocenters. The summed E-state index contributed by atoms with van der Waals surface area (Å²) in [6, 6.07) is 0.804. The highest BCUT2D eigenvalue weighted by atomic mass is 15.3. The average Bonchev–Trinajstić information content (AvgIpc) is 3.34. The lowest BCUT2D eigenvalue weighted by molar-refractivity contribution is 0.0361. The van der Waals surface area contributed by atoms with Crippen LogP contribution in [0.3, 0.4) is 0 Å². The minimum absolute atomic E-state index is 0.490. The number of nitrogens with zero attached hydrogens (tertiary/aromatic N) is 1. The van der Waals surface area contributed by atoms with Crippen molar-refractivity contribution in [3.8, 4) is 0 Å². The van der Waals surface area contributed by atoms with Crippen LogP contribution in [0.4, 0.5) is 0 Å². The van der Waals surface area contributed by atoms with Gasteiger partial charge in [-0.1, -0.05) is 26.2 Å². The van der Waals surface area contributed by atoms with Crippen LogP contribution < -0.4 is 5.32 Å². The van der Waals surface area contributed by atoms with Gasteiger partial charge in [0.2, 0.25) is 0 Å². The fourth-order valence-corrected chi connectivity index (χ4v) is 5.14. The predicted octanol–water partition coefficient (Wildman–Crippen LogP) is 3.56. The molecule has 3 saturated carbocycles. The molecule has 2 heteroatoms. The quantitative estimate of drug-likeness (QED) is 0.844. The van der Waals surface area contributed by atoms with E-state index >= 15 is 0 Å². The molecule has 4 rings (SSSR count). The summed E-state index contributed by atoms with van der Waals surface area (Å²) in [6.07, 6.45) is 14.7. The molecular formula is C18H32N2. The Morgan fingerprint density at radius 1 is 1.05 bits per heavy atom. The van der Waals surface area contributed by atoms with Gasteiger partial charge in [-0.3, -0.25) is 4.90 Å². The molecule has 114 valence electrons. The normalized spacial score (nSPS) is 36.1. The minimum Gasteiger partial charge on any atom is -0.308 e. The van der Waals surface area contributed by atoms with Gasteiger partial charge >= 0.3 is 0 Å². The number of rotatable bonds is 4. The van der Waals surface area contributed by atoms with Crippen molar-refractivity contribution in [2.24, 2.45) is 11.3 Å². The number of hydrogen-bond donors (Lipinski definition) is 1. The zero-order chi connectivity index (χ0) is 13.6. The first-order chi connectivity index (χ1) is 9.75. The molecule has 0 aromatic heterocycles. The lowest BCUT2D eigenvalue weighted by Crippen LogP contribution is -2.65. The van der Waals surface area contributed by atoms with Gasteiger partial charge in [-0.25, -0.2) is 0 Å². The summed E-state index contributed by atoms with van der Waals surface area (Å²) >= 11 is 0. The molecule has 1 unspecified atom stereocenters. The third kappa shape index (κ3) is 2.43. The minimum atomic E-state index is 0.490. The van der Waals surface area contributed by atoms with Gasteiger partial charge in [-0.2, -0.15) is 0 Å². The number of piperazine rings is 1. The highest BCUT2D eigenvalue weighted by Gasteiger charge is 2.55. The lowest BCUT2D eigenvalue weighted by atomic mass is 9.79. The van der Waals surface area contributed by atoms with Crippen molar-refractivity contribution in [1.82, 2.24) is 10.2 Å². The van der Waals surface area contributed by atoms with Crippen LogP contribution in [0.2, 0.25) is 0 Å². The Morgan fingerprint density at radius 2 is 1.80 bits per heavy atom. The van der Waals surface area contributed by atoms with Crippen molar-refractivity contribution in [2.75, 3.05) is 19.6 Å². The molecule has 20 heavy (non-hydrogen) atoms. The first-order valence-electron chi connectivity index (χ1n) is 9.24. The smallest absolute Gasteiger partial charge is 0.0309 e. The molecule has 4 fully saturated rings. The number of nitrogens with one attached hydrogen (secondary N) is 1. The van der Waals surface area contributed by atoms with Crippen LogP contribution in [0, 0.1) is 11.3 Å². The van der Waals surface area contributed by atoms with Gasteiger partial charge in [0.15, 0.2) is 0 Å². The van der Waals surface area contributed by atoms with E-state index in [2.05, 4.69) is 17.1 Å². The van der Waals surface area contributed by atoms with Gasteiger partial charge in [-0.15, -0.1) is 0 Å². The molecule has 1 saturated heterocycles. The molecule has 0 aromatic carbocycles. The predicted molar refractivity (Wildman–Crippen MR) is 83.9 cm³/mol. The first kappa shape index (κ1) is 13.6. The van der Waals surface area contributed by atoms with Crippen molar-refractivity contribution < 1.29 is 0 Å². The summed E-state index contributed by atoms with van der Waals surface area (Å²) in [5.41, 5.74) is 1.27. The maximum Gasteiger partial charge on any atom is 0.0309 e. The van der Waals surface area contributed by atoms with Crippen molar-refractivity contribution in [3.05, 3.63) is 0 Å². The Morgan fingerprint density at radius 3 is 2.40 bits per heavy atom. The molecule has 0 radical (unpaired) electrons. The second-order valence-electron chi connectivity index (χ2n) is 8.33. The van der Waals surface area contributed by atoms with Gasteiger partial charge in [0, 0.05) is 31.2 Å². The molecule has 3 aliphatic carbocycles. The van der Waals surface area contributed by atoms with Gasteiger partial charge in [0.25, 0.3) is 0 Å². The van der Waals surface area contributed by atoms with Crippen LogP contribution in [-0.2, 0) is 0 Å². The van der Waals surface area contributed by atoms with Crippen LogP contribution in [0.1, 0.15) is 71.1 Å². The van der Waals surface area contributed by atoms with Crippen LogP contribution in [0.15, 0.2) is 0 Å². The third-order valence-electron chi connectivity index (χ3n) is 6.87. The molecule has 1 heterocycles. The van der Waals surface area contributed by atoms with Crippen molar-refractivity contribution in [3.63, 3.8) is 0 Å². The van der Waals surface area contributed by atoms with Gasteiger partial charge in [-0.05, 0) is 56.3 Å². The Balaban J connectivity index is 1.46. The SMILES string of the molecule is CCC1CNC2(CCCCC2)CN1CC1(C2CC2)CC1. The van der Waals surface area contributed by atoms with Crippen LogP contribution in [0.5, 0.6) is 0 Å². The van der Waals surface area contributed by atoms with Crippen molar-refractivity contribution in [2.45, 2.75) is 82.7 Å². The van der Waals surface area contributed by atoms with Gasteiger partial charge < -0.3 is 5.32 Å². The second kappa shape index (κ2) is 4.98. The van der Waals surface area contributed by atoms with E-state index in [9.17, 15) is 0 Å². The van der Waals surface area contributed by atoms with E-state index in [1.54, 1.807) is 0 Å². The van der Waals surface area contributed by atoms with Crippen LogP contribution >= 0.6 is 0 Å². The summed E-state index contributed by atoms with van der Waals surface area (Å²) in [4.78, 5) is 2.92. The van der Waals surface area contributed by atoms with E-state index < -0.39 is 0 Å². The monoisotopic (exact) mass is 276 g/mol. The standard InChI is InChI=1S/C18H32N2/c1-2-16-12-19-18(8-4-3-5-9-18)14-20(16)13-17(10-11-17)15-6-7-15/h15-16,19H,2-14H2,1H3. The van der Waals surface area contributed by atoms with E-state index in [0.717, 1.165) is 17.4 Å². The topological polar surface area (TPSA) is 15.3 Å². The molecule has 0 bridgehead atoms. The fourth-order valence-electron chi connectivity index (χ4n) is 5.14. The summed E-state index contributed by atoms with van der Waals surface area (Å²) in [6.45, 7) is 6.41. The van der Waals surface area contributed by atoms with E-state index in [-0.39, 0.29) is 0 Å². The fraction of sp³-hybridized carbons (Fsp3) is 1.00. The molecule has 4 aliphatic rings. The molecule has 1 spiro atoms. The Hall–Kier alpha value is -0.0800. The molecule has 0 amide bonds.